The van der Waals surface area contributed by atoms with Crippen molar-refractivity contribution in [3.63, 3.8) is 0 Å². The Labute approximate surface area is 152 Å². The largest absolute Gasteiger partial charge is 0.352 e. The zero-order valence-corrected chi connectivity index (χ0v) is 15.3. The minimum Gasteiger partial charge on any atom is -0.352 e. The van der Waals surface area contributed by atoms with Crippen molar-refractivity contribution in [2.24, 2.45) is 0 Å². The van der Waals surface area contributed by atoms with Gasteiger partial charge in [0.15, 0.2) is 0 Å². The van der Waals surface area contributed by atoms with Gasteiger partial charge in [-0.2, -0.15) is 0 Å². The van der Waals surface area contributed by atoms with E-state index in [0.29, 0.717) is 19.0 Å². The summed E-state index contributed by atoms with van der Waals surface area (Å²) in [7, 11) is 0. The van der Waals surface area contributed by atoms with Crippen molar-refractivity contribution in [3.8, 4) is 0 Å². The molecule has 0 saturated carbocycles. The lowest BCUT2D eigenvalue weighted by Gasteiger charge is -2.29. The van der Waals surface area contributed by atoms with Crippen LogP contribution in [0.15, 0.2) is 30.5 Å². The van der Waals surface area contributed by atoms with E-state index in [-0.39, 0.29) is 23.9 Å². The maximum absolute atomic E-state index is 13.0. The molecule has 1 aliphatic heterocycles. The van der Waals surface area contributed by atoms with E-state index in [0.717, 1.165) is 23.2 Å². The Morgan fingerprint density at radius 3 is 2.65 bits per heavy atom. The van der Waals surface area contributed by atoms with E-state index in [2.05, 4.69) is 20.6 Å². The number of rotatable bonds is 4. The second kappa shape index (κ2) is 7.68. The second-order valence-corrected chi connectivity index (χ2v) is 6.86. The van der Waals surface area contributed by atoms with Crippen LogP contribution in [0.3, 0.4) is 0 Å². The molecule has 0 bridgehead atoms. The Morgan fingerprint density at radius 1 is 1.23 bits per heavy atom. The lowest BCUT2D eigenvalue weighted by Crippen LogP contribution is -2.44. The van der Waals surface area contributed by atoms with E-state index < -0.39 is 0 Å². The second-order valence-electron chi connectivity index (χ2n) is 6.86. The number of nitrogens with one attached hydrogen (secondary N) is 2. The van der Waals surface area contributed by atoms with Crippen molar-refractivity contribution in [1.82, 2.24) is 20.2 Å². The van der Waals surface area contributed by atoms with Gasteiger partial charge >= 0.3 is 6.03 Å². The van der Waals surface area contributed by atoms with Crippen molar-refractivity contribution in [2.45, 2.75) is 45.8 Å². The quantitative estimate of drug-likeness (QED) is 0.881. The standard InChI is InChI=1S/C19H24FN5O/c1-12(2)22-18-21-10-15-8-9-25(11-17(15)24-18)19(26)23-13(3)14-4-6-16(20)7-5-14/h4-7,10,12-13H,8-9,11H2,1-3H3,(H,23,26)(H,21,22,24)/t13-/m1/s1. The predicted molar refractivity (Wildman–Crippen MR) is 98.3 cm³/mol. The SMILES string of the molecule is CC(C)Nc1ncc2c(n1)CN(C(=O)N[C@H](C)c1ccc(F)cc1)CC2. The summed E-state index contributed by atoms with van der Waals surface area (Å²) in [4.78, 5) is 23.2. The number of fused-ring (bicyclic) bond motifs is 1. The van der Waals surface area contributed by atoms with Crippen molar-refractivity contribution in [2.75, 3.05) is 11.9 Å². The van der Waals surface area contributed by atoms with Crippen LogP contribution in [0.2, 0.25) is 0 Å². The van der Waals surface area contributed by atoms with E-state index in [1.165, 1.54) is 12.1 Å². The Morgan fingerprint density at radius 2 is 1.96 bits per heavy atom. The molecule has 0 unspecified atom stereocenters. The molecule has 1 atom stereocenters. The number of hydrogen-bond acceptors (Lipinski definition) is 4. The predicted octanol–water partition coefficient (Wildman–Crippen LogP) is 3.26. The van der Waals surface area contributed by atoms with Crippen molar-refractivity contribution in [3.05, 3.63) is 53.1 Å². The average molecular weight is 357 g/mol. The highest BCUT2D eigenvalue weighted by Gasteiger charge is 2.23. The maximum Gasteiger partial charge on any atom is 0.318 e. The van der Waals surface area contributed by atoms with Crippen LogP contribution in [0.5, 0.6) is 0 Å². The third-order valence-electron chi connectivity index (χ3n) is 4.36. The summed E-state index contributed by atoms with van der Waals surface area (Å²) in [5, 5.41) is 6.15. The van der Waals surface area contributed by atoms with Crippen LogP contribution >= 0.6 is 0 Å². The number of nitrogens with zero attached hydrogens (tertiary/aromatic N) is 3. The van der Waals surface area contributed by atoms with Crippen LogP contribution in [0.1, 0.15) is 43.6 Å². The minimum absolute atomic E-state index is 0.149. The van der Waals surface area contributed by atoms with Gasteiger partial charge in [-0.3, -0.25) is 0 Å². The molecule has 0 spiro atoms. The van der Waals surface area contributed by atoms with Gasteiger partial charge in [0.1, 0.15) is 5.82 Å². The fourth-order valence-electron chi connectivity index (χ4n) is 2.92. The number of hydrogen-bond donors (Lipinski definition) is 2. The zero-order chi connectivity index (χ0) is 18.7. The topological polar surface area (TPSA) is 70.2 Å². The summed E-state index contributed by atoms with van der Waals surface area (Å²) in [6, 6.07) is 6.06. The van der Waals surface area contributed by atoms with Crippen LogP contribution in [-0.4, -0.2) is 33.5 Å². The Hall–Kier alpha value is -2.70. The van der Waals surface area contributed by atoms with Gasteiger partial charge in [-0.25, -0.2) is 19.2 Å². The monoisotopic (exact) mass is 357 g/mol. The highest BCUT2D eigenvalue weighted by atomic mass is 19.1. The molecular weight excluding hydrogens is 333 g/mol. The molecule has 6 nitrogen and oxygen atoms in total. The first-order valence-corrected chi connectivity index (χ1v) is 8.84. The summed E-state index contributed by atoms with van der Waals surface area (Å²) < 4.78 is 13.0. The van der Waals surface area contributed by atoms with Gasteiger partial charge in [0.2, 0.25) is 5.95 Å². The maximum atomic E-state index is 13.0. The molecule has 1 aromatic carbocycles. The van der Waals surface area contributed by atoms with Gasteiger partial charge < -0.3 is 15.5 Å². The van der Waals surface area contributed by atoms with E-state index in [4.69, 9.17) is 0 Å². The van der Waals surface area contributed by atoms with Gasteiger partial charge in [0, 0.05) is 18.8 Å². The third kappa shape index (κ3) is 4.28. The van der Waals surface area contributed by atoms with Crippen molar-refractivity contribution < 1.29 is 9.18 Å². The number of halogens is 1. The Bertz CT molecular complexity index is 778. The van der Waals surface area contributed by atoms with Gasteiger partial charge in [0.25, 0.3) is 0 Å². The van der Waals surface area contributed by atoms with E-state index >= 15 is 0 Å². The molecular formula is C19H24FN5O. The van der Waals surface area contributed by atoms with Crippen LogP contribution < -0.4 is 10.6 Å². The van der Waals surface area contributed by atoms with Crippen LogP contribution in [0.4, 0.5) is 15.1 Å². The first kappa shape index (κ1) is 18.1. The molecule has 2 aromatic rings. The molecule has 2 N–H and O–H groups in total. The van der Waals surface area contributed by atoms with Crippen LogP contribution in [-0.2, 0) is 13.0 Å². The first-order chi connectivity index (χ1) is 12.4. The van der Waals surface area contributed by atoms with Gasteiger partial charge in [-0.05, 0) is 50.5 Å². The summed E-state index contributed by atoms with van der Waals surface area (Å²) >= 11 is 0. The lowest BCUT2D eigenvalue weighted by molar-refractivity contribution is 0.188. The van der Waals surface area contributed by atoms with Gasteiger partial charge in [0.05, 0.1) is 18.3 Å². The fraction of sp³-hybridized carbons (Fsp3) is 0.421. The molecule has 1 aliphatic rings. The first-order valence-electron chi connectivity index (χ1n) is 8.84. The van der Waals surface area contributed by atoms with Crippen molar-refractivity contribution in [1.29, 1.82) is 0 Å². The molecule has 0 radical (unpaired) electrons. The molecule has 0 fully saturated rings. The summed E-state index contributed by atoms with van der Waals surface area (Å²) in [6.45, 7) is 7.01. The van der Waals surface area contributed by atoms with Gasteiger partial charge in [-0.1, -0.05) is 12.1 Å². The molecule has 26 heavy (non-hydrogen) atoms. The molecule has 1 aromatic heterocycles. The number of benzene rings is 1. The van der Waals surface area contributed by atoms with Crippen molar-refractivity contribution >= 4 is 12.0 Å². The highest BCUT2D eigenvalue weighted by molar-refractivity contribution is 5.75. The number of amides is 2. The molecule has 0 saturated heterocycles. The van der Waals surface area contributed by atoms with Crippen LogP contribution in [0.25, 0.3) is 0 Å². The third-order valence-corrected chi connectivity index (χ3v) is 4.36. The Kier molecular flexibility index (Phi) is 5.35. The number of carbonyl (C=O) groups excluding carboxylic acids is 1. The summed E-state index contributed by atoms with van der Waals surface area (Å²) in [6.07, 6.45) is 2.57. The number of urea groups is 1. The van der Waals surface area contributed by atoms with Gasteiger partial charge in [-0.15, -0.1) is 0 Å². The smallest absolute Gasteiger partial charge is 0.318 e. The molecule has 138 valence electrons. The molecule has 7 heteroatoms. The lowest BCUT2D eigenvalue weighted by atomic mass is 10.1. The highest BCUT2D eigenvalue weighted by Crippen LogP contribution is 2.19. The molecule has 2 amide bonds. The van der Waals surface area contributed by atoms with Crippen LogP contribution in [0, 0.1) is 5.82 Å². The number of aromatic nitrogens is 2. The van der Waals surface area contributed by atoms with E-state index in [1.807, 2.05) is 27.0 Å². The fourth-order valence-corrected chi connectivity index (χ4v) is 2.92. The Balaban J connectivity index is 1.65. The minimum atomic E-state index is -0.287. The van der Waals surface area contributed by atoms with E-state index in [1.54, 1.807) is 17.0 Å². The normalized spacial score (nSPS) is 14.7. The molecule has 3 rings (SSSR count). The number of carbonyl (C=O) groups is 1. The molecule has 0 aliphatic carbocycles. The summed E-state index contributed by atoms with van der Waals surface area (Å²) in [5.41, 5.74) is 2.82. The average Bonchev–Trinajstić information content (AvgIpc) is 2.61. The number of anilines is 1. The molecule has 2 heterocycles. The summed E-state index contributed by atoms with van der Waals surface area (Å²) in [5.74, 6) is 0.297. The zero-order valence-electron chi connectivity index (χ0n) is 15.3. The van der Waals surface area contributed by atoms with E-state index in [9.17, 15) is 9.18 Å².